The highest BCUT2D eigenvalue weighted by Crippen LogP contribution is 2.37. The third-order valence-corrected chi connectivity index (χ3v) is 7.44. The average Bonchev–Trinajstić information content (AvgIpc) is 2.00. The number of carbonyl (C=O) groups excluding carboxylic acids is 1. The lowest BCUT2D eigenvalue weighted by atomic mass is 10.2. The van der Waals surface area contributed by atoms with Crippen LogP contribution < -0.4 is 5.73 Å². The first-order valence-corrected chi connectivity index (χ1v) is 8.10. The number of hydrogen-bond donors (Lipinski definition) is 2. The van der Waals surface area contributed by atoms with Crippen LogP contribution in [0.15, 0.2) is 0 Å². The summed E-state index contributed by atoms with van der Waals surface area (Å²) >= 11 is 0. The van der Waals surface area contributed by atoms with E-state index in [1.165, 1.54) is 0 Å². The minimum absolute atomic E-state index is 0.0379. The van der Waals surface area contributed by atoms with Gasteiger partial charge in [-0.1, -0.05) is 20.8 Å². The minimum Gasteiger partial charge on any atom is -0.405 e. The van der Waals surface area contributed by atoms with Gasteiger partial charge >= 0.3 is 0 Å². The zero-order valence-corrected chi connectivity index (χ0v) is 11.3. The van der Waals surface area contributed by atoms with Gasteiger partial charge in [0.1, 0.15) is 6.10 Å². The summed E-state index contributed by atoms with van der Waals surface area (Å²) in [7, 11) is -1.98. The molecule has 0 saturated heterocycles. The third kappa shape index (κ3) is 4.32. The van der Waals surface area contributed by atoms with Gasteiger partial charge in [-0.25, -0.2) is 0 Å². The number of carbonyl (C=O) groups is 1. The van der Waals surface area contributed by atoms with Crippen molar-refractivity contribution in [3.8, 4) is 0 Å². The predicted molar refractivity (Wildman–Crippen MR) is 63.0 cm³/mol. The third-order valence-electron chi connectivity index (χ3n) is 2.95. The Bertz CT molecular complexity index is 223. The lowest BCUT2D eigenvalue weighted by molar-refractivity contribution is -0.125. The molecule has 15 heavy (non-hydrogen) atoms. The Hall–Kier alpha value is -0.393. The molecule has 0 aromatic carbocycles. The first-order valence-electron chi connectivity index (χ1n) is 5.20. The van der Waals surface area contributed by atoms with E-state index < -0.39 is 20.3 Å². The topological polar surface area (TPSA) is 72.6 Å². The van der Waals surface area contributed by atoms with Crippen LogP contribution >= 0.6 is 0 Å². The molecule has 0 aliphatic heterocycles. The highest BCUT2D eigenvalue weighted by Gasteiger charge is 2.40. The Morgan fingerprint density at radius 2 is 1.93 bits per heavy atom. The smallest absolute Gasteiger partial charge is 0.245 e. The van der Waals surface area contributed by atoms with Crippen molar-refractivity contribution in [3.63, 3.8) is 0 Å². The van der Waals surface area contributed by atoms with Crippen molar-refractivity contribution in [1.29, 1.82) is 0 Å². The number of aliphatic hydroxyl groups excluding tert-OH is 1. The van der Waals surface area contributed by atoms with E-state index in [0.717, 1.165) is 0 Å². The first kappa shape index (κ1) is 14.6. The van der Waals surface area contributed by atoms with Crippen molar-refractivity contribution < 1.29 is 14.3 Å². The Morgan fingerprint density at radius 3 is 2.20 bits per heavy atom. The fraction of sp³-hybridized carbons (Fsp3) is 0.900. The molecule has 0 radical (unpaired) electrons. The van der Waals surface area contributed by atoms with Crippen LogP contribution in [-0.4, -0.2) is 32.0 Å². The lowest BCUT2D eigenvalue weighted by Gasteiger charge is -2.38. The molecule has 1 amide bonds. The van der Waals surface area contributed by atoms with Crippen LogP contribution in [0.25, 0.3) is 0 Å². The van der Waals surface area contributed by atoms with Gasteiger partial charge in [0, 0.05) is 13.0 Å². The molecule has 90 valence electrons. The highest BCUT2D eigenvalue weighted by atomic mass is 28.4. The standard InChI is InChI=1S/C10H23NO3Si/c1-10(2,3)15(4,5)14-8(6-7-12)9(11)13/h8,12H,6-7H2,1-5H3,(H2,11,13). The average molecular weight is 233 g/mol. The fourth-order valence-corrected chi connectivity index (χ4v) is 2.21. The number of aliphatic hydroxyl groups is 1. The summed E-state index contributed by atoms with van der Waals surface area (Å²) in [6, 6.07) is 0. The predicted octanol–water partition coefficient (Wildman–Crippen LogP) is 1.24. The largest absolute Gasteiger partial charge is 0.405 e. The number of rotatable bonds is 5. The molecular formula is C10H23NO3Si. The second-order valence-corrected chi connectivity index (χ2v) is 10.0. The van der Waals surface area contributed by atoms with E-state index in [0.29, 0.717) is 0 Å². The molecule has 4 nitrogen and oxygen atoms in total. The van der Waals surface area contributed by atoms with E-state index in [1.54, 1.807) is 0 Å². The molecule has 0 rings (SSSR count). The molecule has 0 saturated carbocycles. The molecule has 3 N–H and O–H groups in total. The van der Waals surface area contributed by atoms with E-state index in [4.69, 9.17) is 15.3 Å². The molecule has 0 fully saturated rings. The molecule has 0 aliphatic rings. The molecule has 0 aromatic heterocycles. The monoisotopic (exact) mass is 233 g/mol. The van der Waals surface area contributed by atoms with Crippen molar-refractivity contribution in [3.05, 3.63) is 0 Å². The molecular weight excluding hydrogens is 210 g/mol. The van der Waals surface area contributed by atoms with E-state index in [2.05, 4.69) is 33.9 Å². The second kappa shape index (κ2) is 5.09. The zero-order valence-electron chi connectivity index (χ0n) is 10.3. The van der Waals surface area contributed by atoms with Crippen LogP contribution in [-0.2, 0) is 9.22 Å². The van der Waals surface area contributed by atoms with Crippen LogP contribution in [0, 0.1) is 0 Å². The number of amides is 1. The quantitative estimate of drug-likeness (QED) is 0.702. The molecule has 0 bridgehead atoms. The summed E-state index contributed by atoms with van der Waals surface area (Å²) in [6.45, 7) is 10.3. The summed E-state index contributed by atoms with van der Waals surface area (Å²) in [6.07, 6.45) is -0.377. The Labute approximate surface area is 92.9 Å². The Kier molecular flexibility index (Phi) is 4.96. The Morgan fingerprint density at radius 1 is 1.47 bits per heavy atom. The highest BCUT2D eigenvalue weighted by molar-refractivity contribution is 6.74. The molecule has 5 heteroatoms. The fourth-order valence-electron chi connectivity index (χ4n) is 0.909. The Balaban J connectivity index is 4.59. The summed E-state index contributed by atoms with van der Waals surface area (Å²) in [5.74, 6) is -0.492. The van der Waals surface area contributed by atoms with Crippen LogP contribution in [0.5, 0.6) is 0 Å². The van der Waals surface area contributed by atoms with Crippen molar-refractivity contribution in [2.45, 2.75) is 51.4 Å². The van der Waals surface area contributed by atoms with Crippen molar-refractivity contribution in [1.82, 2.24) is 0 Å². The van der Waals surface area contributed by atoms with Crippen LogP contribution in [0.3, 0.4) is 0 Å². The summed E-state index contributed by atoms with van der Waals surface area (Å²) in [5.41, 5.74) is 5.22. The molecule has 1 unspecified atom stereocenters. The van der Waals surface area contributed by atoms with Gasteiger partial charge in [-0.3, -0.25) is 4.79 Å². The zero-order chi connectivity index (χ0) is 12.3. The van der Waals surface area contributed by atoms with Crippen LogP contribution in [0.1, 0.15) is 27.2 Å². The van der Waals surface area contributed by atoms with Gasteiger partial charge < -0.3 is 15.3 Å². The van der Waals surface area contributed by atoms with E-state index in [9.17, 15) is 4.79 Å². The molecule has 1 atom stereocenters. The minimum atomic E-state index is -1.98. The second-order valence-electron chi connectivity index (χ2n) is 5.28. The van der Waals surface area contributed by atoms with Crippen molar-refractivity contribution in [2.75, 3.05) is 6.61 Å². The van der Waals surface area contributed by atoms with Crippen molar-refractivity contribution >= 4 is 14.2 Å². The normalized spacial score (nSPS) is 15.1. The van der Waals surface area contributed by atoms with E-state index in [1.807, 2.05) is 0 Å². The SMILES string of the molecule is CC(C)(C)[Si](C)(C)OC(CCO)C(N)=O. The molecule has 0 spiro atoms. The summed E-state index contributed by atoms with van der Waals surface area (Å²) < 4.78 is 5.81. The maximum Gasteiger partial charge on any atom is 0.245 e. The van der Waals surface area contributed by atoms with Gasteiger partial charge in [0.15, 0.2) is 8.32 Å². The maximum absolute atomic E-state index is 11.1. The van der Waals surface area contributed by atoms with Crippen LogP contribution in [0.2, 0.25) is 18.1 Å². The van der Waals surface area contributed by atoms with Gasteiger partial charge in [0.25, 0.3) is 0 Å². The van der Waals surface area contributed by atoms with Gasteiger partial charge in [-0.05, 0) is 18.1 Å². The molecule has 0 aliphatic carbocycles. The lowest BCUT2D eigenvalue weighted by Crippen LogP contribution is -2.47. The van der Waals surface area contributed by atoms with Gasteiger partial charge in [0.2, 0.25) is 5.91 Å². The van der Waals surface area contributed by atoms with Gasteiger partial charge in [-0.15, -0.1) is 0 Å². The van der Waals surface area contributed by atoms with Crippen molar-refractivity contribution in [2.24, 2.45) is 5.73 Å². The molecule has 0 aromatic rings. The van der Waals surface area contributed by atoms with E-state index in [-0.39, 0.29) is 18.1 Å². The number of hydrogen-bond acceptors (Lipinski definition) is 3. The first-order chi connectivity index (χ1) is 6.62. The maximum atomic E-state index is 11.1. The summed E-state index contributed by atoms with van der Waals surface area (Å²) in [5, 5.41) is 8.85. The summed E-state index contributed by atoms with van der Waals surface area (Å²) in [4.78, 5) is 11.1. The van der Waals surface area contributed by atoms with Gasteiger partial charge in [-0.2, -0.15) is 0 Å². The van der Waals surface area contributed by atoms with E-state index >= 15 is 0 Å². The van der Waals surface area contributed by atoms with Gasteiger partial charge in [0.05, 0.1) is 0 Å². The number of nitrogens with two attached hydrogens (primary N) is 1. The van der Waals surface area contributed by atoms with Crippen LogP contribution in [0.4, 0.5) is 0 Å². The molecule has 0 heterocycles. The number of primary amides is 1.